The quantitative estimate of drug-likeness (QED) is 0.633. The van der Waals surface area contributed by atoms with E-state index in [0.29, 0.717) is 5.92 Å². The van der Waals surface area contributed by atoms with Crippen molar-refractivity contribution in [2.24, 2.45) is 17.6 Å². The number of rotatable bonds is 5. The summed E-state index contributed by atoms with van der Waals surface area (Å²) < 4.78 is 0. The maximum atomic E-state index is 11.5. The van der Waals surface area contributed by atoms with E-state index in [4.69, 9.17) is 5.73 Å². The fourth-order valence-corrected chi connectivity index (χ4v) is 1.89. The van der Waals surface area contributed by atoms with Crippen molar-refractivity contribution in [3.63, 3.8) is 0 Å². The number of hydrogen-bond donors (Lipinski definition) is 3. The predicted octanol–water partition coefficient (Wildman–Crippen LogP) is 0.000600. The molecule has 0 heterocycles. The van der Waals surface area contributed by atoms with Crippen LogP contribution in [0.15, 0.2) is 0 Å². The zero-order valence-corrected chi connectivity index (χ0v) is 10.8. The van der Waals surface area contributed by atoms with Crippen LogP contribution in [-0.2, 0) is 9.59 Å². The number of hydrogen-bond acceptors (Lipinski definition) is 3. The van der Waals surface area contributed by atoms with Gasteiger partial charge in [0.2, 0.25) is 11.8 Å². The molecule has 5 heteroatoms. The first-order valence-corrected chi connectivity index (χ1v) is 6.22. The third kappa shape index (κ3) is 4.34. The van der Waals surface area contributed by atoms with Crippen molar-refractivity contribution in [3.05, 3.63) is 0 Å². The lowest BCUT2D eigenvalue weighted by Gasteiger charge is -2.33. The Balaban J connectivity index is 2.17. The minimum Gasteiger partial charge on any atom is -0.352 e. The van der Waals surface area contributed by atoms with E-state index in [2.05, 4.69) is 17.6 Å². The maximum absolute atomic E-state index is 11.5. The zero-order valence-electron chi connectivity index (χ0n) is 10.8. The van der Waals surface area contributed by atoms with Crippen molar-refractivity contribution >= 4 is 11.8 Å². The van der Waals surface area contributed by atoms with Gasteiger partial charge in [0.05, 0.1) is 12.6 Å². The Morgan fingerprint density at radius 1 is 1.35 bits per heavy atom. The fraction of sp³-hybridized carbons (Fsp3) is 0.833. The van der Waals surface area contributed by atoms with Gasteiger partial charge in [-0.3, -0.25) is 9.59 Å². The third-order valence-electron chi connectivity index (χ3n) is 3.18. The van der Waals surface area contributed by atoms with E-state index in [-0.39, 0.29) is 30.3 Å². The van der Waals surface area contributed by atoms with E-state index in [1.807, 2.05) is 13.8 Å². The molecular formula is C12H23N3O2. The van der Waals surface area contributed by atoms with Gasteiger partial charge in [-0.2, -0.15) is 0 Å². The summed E-state index contributed by atoms with van der Waals surface area (Å²) in [6.45, 7) is 5.93. The fourth-order valence-electron chi connectivity index (χ4n) is 1.89. The molecule has 17 heavy (non-hydrogen) atoms. The van der Waals surface area contributed by atoms with Crippen LogP contribution in [0.2, 0.25) is 0 Å². The third-order valence-corrected chi connectivity index (χ3v) is 3.18. The van der Waals surface area contributed by atoms with Crippen LogP contribution in [0.5, 0.6) is 0 Å². The average Bonchev–Trinajstić information content (AvgIpc) is 2.22. The molecule has 4 N–H and O–H groups in total. The van der Waals surface area contributed by atoms with Gasteiger partial charge in [-0.25, -0.2) is 0 Å². The highest BCUT2D eigenvalue weighted by Gasteiger charge is 2.26. The Bertz CT molecular complexity index is 285. The molecule has 0 aromatic carbocycles. The number of nitrogens with two attached hydrogens (primary N) is 1. The molecule has 98 valence electrons. The Kier molecular flexibility index (Phi) is 4.93. The monoisotopic (exact) mass is 241 g/mol. The smallest absolute Gasteiger partial charge is 0.239 e. The summed E-state index contributed by atoms with van der Waals surface area (Å²) in [5.74, 6) is 0.373. The topological polar surface area (TPSA) is 84.2 Å². The SMILES string of the molecule is CC1CC(NC(=O)CNC(=O)[C@@H](N)C(C)C)C1. The molecule has 0 aromatic rings. The molecule has 0 spiro atoms. The van der Waals surface area contributed by atoms with Gasteiger partial charge in [0.25, 0.3) is 0 Å². The first-order valence-electron chi connectivity index (χ1n) is 6.22. The summed E-state index contributed by atoms with van der Waals surface area (Å²) in [5.41, 5.74) is 5.66. The molecule has 1 rings (SSSR count). The molecule has 0 radical (unpaired) electrons. The Morgan fingerprint density at radius 2 is 1.94 bits per heavy atom. The molecule has 1 aliphatic rings. The van der Waals surface area contributed by atoms with Crippen molar-refractivity contribution in [1.82, 2.24) is 10.6 Å². The molecule has 0 unspecified atom stereocenters. The largest absolute Gasteiger partial charge is 0.352 e. The summed E-state index contributed by atoms with van der Waals surface area (Å²) in [5, 5.41) is 5.43. The first kappa shape index (κ1) is 14.0. The lowest BCUT2D eigenvalue weighted by molar-refractivity contribution is -0.128. The van der Waals surface area contributed by atoms with Crippen LogP contribution in [0.4, 0.5) is 0 Å². The van der Waals surface area contributed by atoms with Gasteiger partial charge in [0.1, 0.15) is 0 Å². The minimum absolute atomic E-state index is 0.0180. The zero-order chi connectivity index (χ0) is 13.0. The highest BCUT2D eigenvalue weighted by molar-refractivity contribution is 5.87. The van der Waals surface area contributed by atoms with Crippen LogP contribution >= 0.6 is 0 Å². The van der Waals surface area contributed by atoms with Gasteiger partial charge >= 0.3 is 0 Å². The molecule has 1 aliphatic carbocycles. The molecule has 0 bridgehead atoms. The second kappa shape index (κ2) is 6.00. The number of carbonyl (C=O) groups is 2. The second-order valence-electron chi connectivity index (χ2n) is 5.33. The molecule has 1 atom stereocenters. The minimum atomic E-state index is -0.550. The molecule has 0 aromatic heterocycles. The van der Waals surface area contributed by atoms with Crippen molar-refractivity contribution in [1.29, 1.82) is 0 Å². The molecule has 0 aliphatic heterocycles. The van der Waals surface area contributed by atoms with E-state index in [0.717, 1.165) is 12.8 Å². The van der Waals surface area contributed by atoms with Crippen LogP contribution in [0.3, 0.4) is 0 Å². The molecular weight excluding hydrogens is 218 g/mol. The van der Waals surface area contributed by atoms with Crippen LogP contribution in [0.25, 0.3) is 0 Å². The van der Waals surface area contributed by atoms with Gasteiger partial charge in [-0.1, -0.05) is 20.8 Å². The van der Waals surface area contributed by atoms with Crippen molar-refractivity contribution in [3.8, 4) is 0 Å². The van der Waals surface area contributed by atoms with Gasteiger partial charge in [-0.05, 0) is 24.7 Å². The van der Waals surface area contributed by atoms with E-state index in [1.54, 1.807) is 0 Å². The van der Waals surface area contributed by atoms with Gasteiger partial charge in [0, 0.05) is 6.04 Å². The predicted molar refractivity (Wildman–Crippen MR) is 66.2 cm³/mol. The Hall–Kier alpha value is -1.10. The second-order valence-corrected chi connectivity index (χ2v) is 5.33. The van der Waals surface area contributed by atoms with Crippen LogP contribution in [0, 0.1) is 11.8 Å². The first-order chi connectivity index (χ1) is 7.90. The highest BCUT2D eigenvalue weighted by atomic mass is 16.2. The summed E-state index contributed by atoms with van der Waals surface area (Å²) >= 11 is 0. The van der Waals surface area contributed by atoms with E-state index < -0.39 is 6.04 Å². The van der Waals surface area contributed by atoms with Crippen molar-refractivity contribution in [2.75, 3.05) is 6.54 Å². The highest BCUT2D eigenvalue weighted by Crippen LogP contribution is 2.25. The number of nitrogens with one attached hydrogen (secondary N) is 2. The Morgan fingerprint density at radius 3 is 2.41 bits per heavy atom. The number of amides is 2. The standard InChI is InChI=1S/C12H23N3O2/c1-7(2)11(13)12(17)14-6-10(16)15-9-4-8(3)5-9/h7-9,11H,4-6,13H2,1-3H3,(H,14,17)(H,15,16)/t8?,9?,11-/m0/s1. The van der Waals surface area contributed by atoms with Crippen molar-refractivity contribution in [2.45, 2.75) is 45.7 Å². The normalized spacial score (nSPS) is 25.0. The van der Waals surface area contributed by atoms with Gasteiger partial charge in [-0.15, -0.1) is 0 Å². The number of carbonyl (C=O) groups excluding carboxylic acids is 2. The van der Waals surface area contributed by atoms with E-state index >= 15 is 0 Å². The average molecular weight is 241 g/mol. The lowest BCUT2D eigenvalue weighted by Crippen LogP contribution is -2.50. The van der Waals surface area contributed by atoms with E-state index in [1.165, 1.54) is 0 Å². The van der Waals surface area contributed by atoms with Crippen LogP contribution < -0.4 is 16.4 Å². The molecule has 0 saturated heterocycles. The molecule has 5 nitrogen and oxygen atoms in total. The summed E-state index contributed by atoms with van der Waals surface area (Å²) in [6, 6.07) is -0.264. The molecule has 1 saturated carbocycles. The molecule has 1 fully saturated rings. The summed E-state index contributed by atoms with van der Waals surface area (Å²) in [7, 11) is 0. The molecule has 2 amide bonds. The lowest BCUT2D eigenvalue weighted by atomic mass is 9.82. The van der Waals surface area contributed by atoms with Gasteiger partial charge < -0.3 is 16.4 Å². The Labute approximate surface area is 103 Å². The van der Waals surface area contributed by atoms with Crippen LogP contribution in [-0.4, -0.2) is 30.4 Å². The summed E-state index contributed by atoms with van der Waals surface area (Å²) in [6.07, 6.45) is 2.07. The summed E-state index contributed by atoms with van der Waals surface area (Å²) in [4.78, 5) is 23.0. The van der Waals surface area contributed by atoms with E-state index in [9.17, 15) is 9.59 Å². The van der Waals surface area contributed by atoms with Crippen molar-refractivity contribution < 1.29 is 9.59 Å². The van der Waals surface area contributed by atoms with Gasteiger partial charge in [0.15, 0.2) is 0 Å². The maximum Gasteiger partial charge on any atom is 0.239 e. The van der Waals surface area contributed by atoms with Crippen LogP contribution in [0.1, 0.15) is 33.6 Å².